The molecule has 0 spiro atoms. The first-order valence-electron chi connectivity index (χ1n) is 6.47. The molecule has 0 aromatic rings. The van der Waals surface area contributed by atoms with Gasteiger partial charge in [-0.1, -0.05) is 27.7 Å². The molecule has 0 amide bonds. The molecule has 1 heteroatoms. The second-order valence-electron chi connectivity index (χ2n) is 6.89. The van der Waals surface area contributed by atoms with Crippen molar-refractivity contribution in [1.82, 2.24) is 0 Å². The minimum absolute atomic E-state index is 0.129. The van der Waals surface area contributed by atoms with Crippen LogP contribution < -0.4 is 0 Å². The van der Waals surface area contributed by atoms with Crippen LogP contribution in [0.3, 0.4) is 0 Å². The van der Waals surface area contributed by atoms with Gasteiger partial charge in [0.1, 0.15) is 0 Å². The zero-order valence-electron chi connectivity index (χ0n) is 11.0. The van der Waals surface area contributed by atoms with E-state index in [2.05, 4.69) is 34.6 Å². The lowest BCUT2D eigenvalue weighted by Gasteiger charge is -2.45. The van der Waals surface area contributed by atoms with E-state index < -0.39 is 0 Å². The second-order valence-corrected chi connectivity index (χ2v) is 6.89. The first-order chi connectivity index (χ1) is 6.83. The lowest BCUT2D eigenvalue weighted by atomic mass is 9.64. The van der Waals surface area contributed by atoms with Gasteiger partial charge in [0.25, 0.3) is 0 Å². The number of hydrogen-bond donors (Lipinski definition) is 0. The van der Waals surface area contributed by atoms with E-state index in [1.807, 2.05) is 0 Å². The third kappa shape index (κ3) is 1.39. The fourth-order valence-corrected chi connectivity index (χ4v) is 4.09. The van der Waals surface area contributed by atoms with E-state index in [0.29, 0.717) is 10.8 Å². The molecule has 1 saturated carbocycles. The monoisotopic (exact) mass is 210 g/mol. The van der Waals surface area contributed by atoms with Crippen LogP contribution in [0.15, 0.2) is 0 Å². The largest absolute Gasteiger partial charge is 0.374 e. The maximum Gasteiger partial charge on any atom is 0.0761 e. The molecule has 0 N–H and O–H groups in total. The molecule has 0 radical (unpaired) electrons. The first-order valence-corrected chi connectivity index (χ1v) is 6.47. The molecule has 2 fully saturated rings. The van der Waals surface area contributed by atoms with Crippen LogP contribution in [0.5, 0.6) is 0 Å². The fraction of sp³-hybridized carbons (Fsp3) is 1.00. The van der Waals surface area contributed by atoms with Gasteiger partial charge in [-0.2, -0.15) is 0 Å². The highest BCUT2D eigenvalue weighted by Gasteiger charge is 2.64. The standard InChI is InChI=1S/C14H26O/c1-11(2)10-14-7-6-12(3,4)13(14,5)15-9-8-14/h11H,6-10H2,1-5H3. The van der Waals surface area contributed by atoms with Crippen molar-refractivity contribution in [2.24, 2.45) is 16.7 Å². The predicted octanol–water partition coefficient (Wildman–Crippen LogP) is 4.02. The van der Waals surface area contributed by atoms with Crippen molar-refractivity contribution in [2.75, 3.05) is 6.61 Å². The van der Waals surface area contributed by atoms with Crippen LogP contribution in [0.2, 0.25) is 0 Å². The Morgan fingerprint density at radius 1 is 1.07 bits per heavy atom. The molecule has 2 aliphatic rings. The van der Waals surface area contributed by atoms with Crippen LogP contribution in [0.25, 0.3) is 0 Å². The molecule has 1 aliphatic carbocycles. The fourth-order valence-electron chi connectivity index (χ4n) is 4.09. The van der Waals surface area contributed by atoms with E-state index >= 15 is 0 Å². The zero-order valence-corrected chi connectivity index (χ0v) is 11.0. The molecule has 1 aliphatic heterocycles. The number of hydrogen-bond acceptors (Lipinski definition) is 1. The number of rotatable bonds is 2. The van der Waals surface area contributed by atoms with Crippen LogP contribution >= 0.6 is 0 Å². The van der Waals surface area contributed by atoms with E-state index in [-0.39, 0.29) is 5.60 Å². The van der Waals surface area contributed by atoms with Crippen molar-refractivity contribution in [3.63, 3.8) is 0 Å². The van der Waals surface area contributed by atoms with Gasteiger partial charge in [0.15, 0.2) is 0 Å². The highest BCUT2D eigenvalue weighted by molar-refractivity contribution is 5.13. The molecule has 1 heterocycles. The van der Waals surface area contributed by atoms with Crippen molar-refractivity contribution >= 4 is 0 Å². The molecule has 0 aromatic heterocycles. The van der Waals surface area contributed by atoms with Crippen molar-refractivity contribution in [2.45, 2.75) is 65.9 Å². The average molecular weight is 210 g/mol. The summed E-state index contributed by atoms with van der Waals surface area (Å²) >= 11 is 0. The van der Waals surface area contributed by atoms with Gasteiger partial charge in [-0.05, 0) is 43.9 Å². The third-order valence-electron chi connectivity index (χ3n) is 5.30. The van der Waals surface area contributed by atoms with E-state index in [1.54, 1.807) is 0 Å². The molecule has 2 unspecified atom stereocenters. The Balaban J connectivity index is 2.32. The summed E-state index contributed by atoms with van der Waals surface area (Å²) in [7, 11) is 0. The summed E-state index contributed by atoms with van der Waals surface area (Å²) in [4.78, 5) is 0. The Morgan fingerprint density at radius 2 is 1.73 bits per heavy atom. The zero-order chi connectivity index (χ0) is 11.3. The Kier molecular flexibility index (Phi) is 2.46. The molecule has 0 bridgehead atoms. The van der Waals surface area contributed by atoms with E-state index in [0.717, 1.165) is 12.5 Å². The van der Waals surface area contributed by atoms with Gasteiger partial charge in [0.05, 0.1) is 5.60 Å². The van der Waals surface area contributed by atoms with Gasteiger partial charge in [0.2, 0.25) is 0 Å². The summed E-state index contributed by atoms with van der Waals surface area (Å²) in [5.74, 6) is 0.792. The SMILES string of the molecule is CC(C)CC12CCOC1(C)C(C)(C)CC2. The Hall–Kier alpha value is -0.0400. The highest BCUT2D eigenvalue weighted by Crippen LogP contribution is 2.65. The molecule has 1 nitrogen and oxygen atoms in total. The van der Waals surface area contributed by atoms with Crippen molar-refractivity contribution in [1.29, 1.82) is 0 Å². The van der Waals surface area contributed by atoms with Crippen molar-refractivity contribution in [3.05, 3.63) is 0 Å². The van der Waals surface area contributed by atoms with E-state index in [9.17, 15) is 0 Å². The van der Waals surface area contributed by atoms with Crippen molar-refractivity contribution < 1.29 is 4.74 Å². The summed E-state index contributed by atoms with van der Waals surface area (Å²) in [5.41, 5.74) is 0.966. The molecule has 2 rings (SSSR count). The van der Waals surface area contributed by atoms with Crippen molar-refractivity contribution in [3.8, 4) is 0 Å². The first kappa shape index (κ1) is 11.4. The molecular weight excluding hydrogens is 184 g/mol. The summed E-state index contributed by atoms with van der Waals surface area (Å²) in [6.07, 6.45) is 5.32. The van der Waals surface area contributed by atoms with Gasteiger partial charge >= 0.3 is 0 Å². The Morgan fingerprint density at radius 3 is 2.33 bits per heavy atom. The lowest BCUT2D eigenvalue weighted by molar-refractivity contribution is -0.100. The van der Waals surface area contributed by atoms with Gasteiger partial charge in [-0.15, -0.1) is 0 Å². The minimum Gasteiger partial charge on any atom is -0.374 e. The van der Waals surface area contributed by atoms with Crippen LogP contribution in [-0.2, 0) is 4.74 Å². The van der Waals surface area contributed by atoms with Crippen LogP contribution in [0.1, 0.15) is 60.3 Å². The normalized spacial score (nSPS) is 43.6. The molecule has 1 saturated heterocycles. The quantitative estimate of drug-likeness (QED) is 0.669. The number of fused-ring (bicyclic) bond motifs is 1. The lowest BCUT2D eigenvalue weighted by Crippen LogP contribution is -2.47. The molecule has 0 aromatic carbocycles. The summed E-state index contributed by atoms with van der Waals surface area (Å²) in [6, 6.07) is 0. The Bertz CT molecular complexity index is 256. The van der Waals surface area contributed by atoms with E-state index in [4.69, 9.17) is 4.74 Å². The van der Waals surface area contributed by atoms with Crippen LogP contribution in [-0.4, -0.2) is 12.2 Å². The maximum absolute atomic E-state index is 6.18. The number of ether oxygens (including phenoxy) is 1. The van der Waals surface area contributed by atoms with Gasteiger partial charge in [-0.3, -0.25) is 0 Å². The summed E-state index contributed by atoms with van der Waals surface area (Å²) < 4.78 is 6.18. The maximum atomic E-state index is 6.18. The second kappa shape index (κ2) is 3.23. The molecular formula is C14H26O. The van der Waals surface area contributed by atoms with Gasteiger partial charge in [0, 0.05) is 12.0 Å². The summed E-state index contributed by atoms with van der Waals surface area (Å²) in [6.45, 7) is 12.8. The van der Waals surface area contributed by atoms with Gasteiger partial charge in [-0.25, -0.2) is 0 Å². The third-order valence-corrected chi connectivity index (χ3v) is 5.30. The van der Waals surface area contributed by atoms with E-state index in [1.165, 1.54) is 25.7 Å². The minimum atomic E-state index is 0.129. The van der Waals surface area contributed by atoms with Crippen LogP contribution in [0, 0.1) is 16.7 Å². The summed E-state index contributed by atoms with van der Waals surface area (Å²) in [5, 5.41) is 0. The smallest absolute Gasteiger partial charge is 0.0761 e. The predicted molar refractivity (Wildman–Crippen MR) is 63.9 cm³/mol. The van der Waals surface area contributed by atoms with Crippen LogP contribution in [0.4, 0.5) is 0 Å². The molecule has 2 atom stereocenters. The molecule has 15 heavy (non-hydrogen) atoms. The Labute approximate surface area is 94.6 Å². The molecule has 88 valence electrons. The topological polar surface area (TPSA) is 9.23 Å². The van der Waals surface area contributed by atoms with Gasteiger partial charge < -0.3 is 4.74 Å². The average Bonchev–Trinajstić information content (AvgIpc) is 2.49. The highest BCUT2D eigenvalue weighted by atomic mass is 16.5.